The number of carbonyl (C=O) groups excluding carboxylic acids is 3. The first-order valence-corrected chi connectivity index (χ1v) is 13.6. The lowest BCUT2D eigenvalue weighted by Crippen LogP contribution is -2.26. The Labute approximate surface area is 241 Å². The molecule has 0 saturated carbocycles. The third kappa shape index (κ3) is 6.83. The summed E-state index contributed by atoms with van der Waals surface area (Å²) in [6, 6.07) is 17.9. The van der Waals surface area contributed by atoms with Gasteiger partial charge in [-0.2, -0.15) is 0 Å². The Hall–Kier alpha value is -4.45. The fraction of sp³-hybridized carbons (Fsp3) is 0.286. The Morgan fingerprint density at radius 3 is 2.27 bits per heavy atom. The molecule has 0 heterocycles. The molecule has 3 aromatic rings. The minimum atomic E-state index is -0.741. The molecule has 1 aliphatic carbocycles. The fourth-order valence-corrected chi connectivity index (χ4v) is 4.75. The van der Waals surface area contributed by atoms with Crippen LogP contribution < -0.4 is 9.47 Å². The van der Waals surface area contributed by atoms with Crippen LogP contribution in [-0.2, 0) is 25.5 Å². The van der Waals surface area contributed by atoms with Crippen molar-refractivity contribution in [2.75, 3.05) is 6.61 Å². The summed E-state index contributed by atoms with van der Waals surface area (Å²) in [5, 5.41) is 0. The lowest BCUT2D eigenvalue weighted by atomic mass is 9.93. The quantitative estimate of drug-likeness (QED) is 0.163. The summed E-state index contributed by atoms with van der Waals surface area (Å²) in [5.41, 5.74) is 7.03. The van der Waals surface area contributed by atoms with Crippen LogP contribution in [0.25, 0.3) is 22.3 Å². The van der Waals surface area contributed by atoms with E-state index in [4.69, 9.17) is 14.2 Å². The van der Waals surface area contributed by atoms with Gasteiger partial charge in [-0.05, 0) is 98.5 Å². The van der Waals surface area contributed by atoms with E-state index in [0.717, 1.165) is 40.7 Å². The van der Waals surface area contributed by atoms with Gasteiger partial charge in [0, 0.05) is 17.6 Å². The molecular formula is C35H36O6. The van der Waals surface area contributed by atoms with Crippen LogP contribution in [0.15, 0.2) is 79.4 Å². The highest BCUT2D eigenvalue weighted by Crippen LogP contribution is 2.39. The van der Waals surface area contributed by atoms with E-state index >= 15 is 0 Å². The number of carbonyl (C=O) groups is 3. The smallest absolute Gasteiger partial charge is 0.338 e. The third-order valence-corrected chi connectivity index (χ3v) is 7.12. The average Bonchev–Trinajstić information content (AvgIpc) is 3.34. The summed E-state index contributed by atoms with van der Waals surface area (Å²) in [4.78, 5) is 36.4. The molecule has 1 atom stereocenters. The molecule has 0 radical (unpaired) electrons. The van der Waals surface area contributed by atoms with Gasteiger partial charge < -0.3 is 14.2 Å². The molecule has 3 aromatic carbocycles. The summed E-state index contributed by atoms with van der Waals surface area (Å²) < 4.78 is 16.4. The van der Waals surface area contributed by atoms with Crippen LogP contribution in [0.4, 0.5) is 0 Å². The van der Waals surface area contributed by atoms with Crippen molar-refractivity contribution >= 4 is 17.9 Å². The highest BCUT2D eigenvalue weighted by molar-refractivity contribution is 5.90. The number of esters is 3. The van der Waals surface area contributed by atoms with E-state index in [1.807, 2.05) is 19.1 Å². The molecule has 0 aromatic heterocycles. The zero-order valence-electron chi connectivity index (χ0n) is 24.3. The Bertz CT molecular complexity index is 1540. The maximum absolute atomic E-state index is 12.7. The van der Waals surface area contributed by atoms with Crippen molar-refractivity contribution < 1.29 is 28.6 Å². The van der Waals surface area contributed by atoms with Gasteiger partial charge in [0.1, 0.15) is 0 Å². The van der Waals surface area contributed by atoms with E-state index in [1.165, 1.54) is 17.2 Å². The van der Waals surface area contributed by atoms with Gasteiger partial charge in [-0.3, -0.25) is 4.79 Å². The lowest BCUT2D eigenvalue weighted by Gasteiger charge is -2.19. The van der Waals surface area contributed by atoms with Crippen LogP contribution in [-0.4, -0.2) is 24.5 Å². The monoisotopic (exact) mass is 552 g/mol. The van der Waals surface area contributed by atoms with Crippen molar-refractivity contribution in [3.05, 3.63) is 96.1 Å². The standard InChI is InChI=1S/C35H36O6/c1-8-32(36)39-20-27-10-9-25-18-24(12-15-29(25)27)23-11-14-28(22(4)17-23)26-13-16-30(40-33(37)21(2)3)31(19-26)41-34(38)35(5,6)7/h8,11-19,27H,1-2,9-10,20H2,3-7H3. The second-order valence-electron chi connectivity index (χ2n) is 11.5. The molecule has 1 unspecified atom stereocenters. The van der Waals surface area contributed by atoms with Crippen LogP contribution in [0.1, 0.15) is 56.7 Å². The van der Waals surface area contributed by atoms with E-state index in [-0.39, 0.29) is 23.0 Å². The van der Waals surface area contributed by atoms with Gasteiger partial charge in [0.2, 0.25) is 0 Å². The normalized spacial score (nSPS) is 14.1. The lowest BCUT2D eigenvalue weighted by molar-refractivity contribution is -0.143. The second-order valence-corrected chi connectivity index (χ2v) is 11.5. The zero-order valence-corrected chi connectivity index (χ0v) is 24.3. The minimum Gasteiger partial charge on any atom is -0.462 e. The number of rotatable bonds is 8. The van der Waals surface area contributed by atoms with Crippen LogP contribution in [0.3, 0.4) is 0 Å². The first-order chi connectivity index (χ1) is 19.4. The molecule has 41 heavy (non-hydrogen) atoms. The van der Waals surface area contributed by atoms with Crippen LogP contribution in [0.2, 0.25) is 0 Å². The molecule has 6 nitrogen and oxygen atoms in total. The number of ether oxygens (including phenoxy) is 3. The minimum absolute atomic E-state index is 0.157. The van der Waals surface area contributed by atoms with Gasteiger partial charge in [-0.15, -0.1) is 0 Å². The first-order valence-electron chi connectivity index (χ1n) is 13.6. The van der Waals surface area contributed by atoms with Gasteiger partial charge >= 0.3 is 17.9 Å². The number of fused-ring (bicyclic) bond motifs is 1. The summed E-state index contributed by atoms with van der Waals surface area (Å²) in [6.45, 7) is 16.3. The molecule has 4 rings (SSSR count). The van der Waals surface area contributed by atoms with Crippen LogP contribution in [0, 0.1) is 12.3 Å². The molecular weight excluding hydrogens is 516 g/mol. The van der Waals surface area contributed by atoms with Crippen LogP contribution in [0.5, 0.6) is 11.5 Å². The van der Waals surface area contributed by atoms with E-state index in [1.54, 1.807) is 39.8 Å². The maximum Gasteiger partial charge on any atom is 0.338 e. The molecule has 0 N–H and O–H groups in total. The molecule has 0 aliphatic heterocycles. The zero-order chi connectivity index (χ0) is 29.9. The van der Waals surface area contributed by atoms with E-state index in [2.05, 4.69) is 43.5 Å². The van der Waals surface area contributed by atoms with Crippen molar-refractivity contribution in [2.24, 2.45) is 5.41 Å². The molecule has 0 bridgehead atoms. The largest absolute Gasteiger partial charge is 0.462 e. The Morgan fingerprint density at radius 1 is 0.927 bits per heavy atom. The second kappa shape index (κ2) is 12.0. The summed E-state index contributed by atoms with van der Waals surface area (Å²) in [6.07, 6.45) is 3.08. The molecule has 0 spiro atoms. The fourth-order valence-electron chi connectivity index (χ4n) is 4.75. The predicted octanol–water partition coefficient (Wildman–Crippen LogP) is 7.52. The average molecular weight is 553 g/mol. The van der Waals surface area contributed by atoms with Crippen molar-refractivity contribution in [2.45, 2.75) is 53.4 Å². The molecule has 212 valence electrons. The SMILES string of the molecule is C=CC(=O)OCC1CCc2cc(-c3ccc(-c4ccc(OC(=O)C(=C)C)c(OC(=O)C(C)(C)C)c4)c(C)c3)ccc21. The Kier molecular flexibility index (Phi) is 8.62. The Balaban J connectivity index is 1.61. The van der Waals surface area contributed by atoms with Gasteiger partial charge in [-0.1, -0.05) is 55.6 Å². The number of aryl methyl sites for hydroxylation is 2. The third-order valence-electron chi connectivity index (χ3n) is 7.12. The number of benzene rings is 3. The van der Waals surface area contributed by atoms with E-state index in [9.17, 15) is 14.4 Å². The summed E-state index contributed by atoms with van der Waals surface area (Å²) in [7, 11) is 0. The number of hydrogen-bond donors (Lipinski definition) is 0. The first kappa shape index (κ1) is 29.5. The predicted molar refractivity (Wildman–Crippen MR) is 160 cm³/mol. The topological polar surface area (TPSA) is 78.9 Å². The summed E-state index contributed by atoms with van der Waals surface area (Å²) >= 11 is 0. The van der Waals surface area contributed by atoms with Gasteiger partial charge in [0.25, 0.3) is 0 Å². The van der Waals surface area contributed by atoms with Crippen molar-refractivity contribution in [1.82, 2.24) is 0 Å². The Morgan fingerprint density at radius 2 is 1.61 bits per heavy atom. The molecule has 6 heteroatoms. The molecule has 0 amide bonds. The van der Waals surface area contributed by atoms with E-state index < -0.39 is 23.3 Å². The van der Waals surface area contributed by atoms with Crippen molar-refractivity contribution in [3.63, 3.8) is 0 Å². The molecule has 0 saturated heterocycles. The van der Waals surface area contributed by atoms with Gasteiger partial charge in [0.15, 0.2) is 11.5 Å². The highest BCUT2D eigenvalue weighted by Gasteiger charge is 2.26. The maximum atomic E-state index is 12.7. The van der Waals surface area contributed by atoms with Gasteiger partial charge in [-0.25, -0.2) is 9.59 Å². The number of hydrogen-bond acceptors (Lipinski definition) is 6. The van der Waals surface area contributed by atoms with Crippen LogP contribution >= 0.6 is 0 Å². The van der Waals surface area contributed by atoms with Crippen molar-refractivity contribution in [1.29, 1.82) is 0 Å². The van der Waals surface area contributed by atoms with Crippen molar-refractivity contribution in [3.8, 4) is 33.8 Å². The van der Waals surface area contributed by atoms with Gasteiger partial charge in [0.05, 0.1) is 12.0 Å². The van der Waals surface area contributed by atoms with E-state index in [0.29, 0.717) is 6.61 Å². The molecule has 0 fully saturated rings. The summed E-state index contributed by atoms with van der Waals surface area (Å²) in [5.74, 6) is -0.896. The molecule has 1 aliphatic rings. The highest BCUT2D eigenvalue weighted by atomic mass is 16.6.